The van der Waals surface area contributed by atoms with Crippen molar-refractivity contribution >= 4 is 23.9 Å². The van der Waals surface area contributed by atoms with Gasteiger partial charge in [0.1, 0.15) is 5.75 Å². The zero-order valence-corrected chi connectivity index (χ0v) is 19.7. The maximum absolute atomic E-state index is 13.4. The third-order valence-corrected chi connectivity index (χ3v) is 5.46. The first-order valence-electron chi connectivity index (χ1n) is 11.2. The topological polar surface area (TPSA) is 60.4 Å². The molecular weight excluding hydrogens is 416 g/mol. The van der Waals surface area contributed by atoms with Crippen LogP contribution in [0.3, 0.4) is 0 Å². The first-order chi connectivity index (χ1) is 16.1. The number of unbranched alkanes of at least 4 members (excludes halogenated alkanes) is 1. The summed E-state index contributed by atoms with van der Waals surface area (Å²) < 4.78 is 16.6. The molecule has 0 spiro atoms. The molecule has 3 rings (SSSR count). The maximum atomic E-state index is 13.4. The van der Waals surface area contributed by atoms with Gasteiger partial charge in [0.25, 0.3) is 5.91 Å². The van der Waals surface area contributed by atoms with E-state index in [1.807, 2.05) is 29.2 Å². The second-order valence-electron chi connectivity index (χ2n) is 7.79. The Balaban J connectivity index is 1.83. The number of ether oxygens (including phenoxy) is 3. The number of hydrogen-bond acceptors (Lipinski definition) is 5. The predicted molar refractivity (Wildman–Crippen MR) is 133 cm³/mol. The van der Waals surface area contributed by atoms with Gasteiger partial charge in [-0.05, 0) is 42.2 Å². The number of hydrogen-bond donors (Lipinski definition) is 0. The highest BCUT2D eigenvalue weighted by molar-refractivity contribution is 6.01. The van der Waals surface area contributed by atoms with Gasteiger partial charge in [-0.15, -0.1) is 0 Å². The summed E-state index contributed by atoms with van der Waals surface area (Å²) in [5.74, 6) is 1.85. The fourth-order valence-corrected chi connectivity index (χ4v) is 3.64. The molecule has 1 heterocycles. The predicted octanol–water partition coefficient (Wildman–Crippen LogP) is 5.70. The molecule has 0 bridgehead atoms. The zero-order chi connectivity index (χ0) is 23.6. The van der Waals surface area contributed by atoms with Crippen LogP contribution in [0.2, 0.25) is 0 Å². The highest BCUT2D eigenvalue weighted by Crippen LogP contribution is 2.36. The minimum atomic E-state index is -0.0808. The summed E-state index contributed by atoms with van der Waals surface area (Å²) in [4.78, 5) is 19.7. The molecule has 0 N–H and O–H groups in total. The van der Waals surface area contributed by atoms with Gasteiger partial charge in [0, 0.05) is 25.4 Å². The van der Waals surface area contributed by atoms with E-state index in [2.05, 4.69) is 24.6 Å². The van der Waals surface area contributed by atoms with Crippen molar-refractivity contribution in [2.24, 2.45) is 4.99 Å². The lowest BCUT2D eigenvalue weighted by Gasteiger charge is -2.19. The van der Waals surface area contributed by atoms with Crippen molar-refractivity contribution in [1.82, 2.24) is 4.90 Å². The lowest BCUT2D eigenvalue weighted by Crippen LogP contribution is -2.28. The Morgan fingerprint density at radius 2 is 1.94 bits per heavy atom. The van der Waals surface area contributed by atoms with E-state index in [0.29, 0.717) is 42.4 Å². The number of carbonyl (C=O) groups excluding carboxylic acids is 1. The molecule has 174 valence electrons. The van der Waals surface area contributed by atoms with E-state index in [-0.39, 0.29) is 5.91 Å². The Labute approximate surface area is 196 Å². The largest absolute Gasteiger partial charge is 0.497 e. The van der Waals surface area contributed by atoms with Crippen LogP contribution in [0.4, 0.5) is 5.69 Å². The number of rotatable bonds is 10. The van der Waals surface area contributed by atoms with Gasteiger partial charge in [-0.25, -0.2) is 0 Å². The standard InChI is InChI=1S/C27H32N2O4/c1-5-7-15-33-26-18-24(28-13-6-2)23(17-25(26)32-4)27(30)29-14-12-21(19-29)16-20-8-10-22(31-3)11-9-20/h6,8-11,13,16-18H,2,5,7,12,14-15,19H2,1,3-4H3/b21-16?,28-13-. The number of benzene rings is 2. The van der Waals surface area contributed by atoms with Gasteiger partial charge in [0.15, 0.2) is 11.5 Å². The van der Waals surface area contributed by atoms with Crippen LogP contribution in [0, 0.1) is 0 Å². The Bertz CT molecular complexity index is 1030. The number of nitrogens with zero attached hydrogens (tertiary/aromatic N) is 2. The molecule has 0 aromatic heterocycles. The summed E-state index contributed by atoms with van der Waals surface area (Å²) in [5.41, 5.74) is 3.32. The number of carbonyl (C=O) groups is 1. The Morgan fingerprint density at radius 1 is 1.15 bits per heavy atom. The average molecular weight is 449 g/mol. The van der Waals surface area contributed by atoms with Crippen molar-refractivity contribution in [2.45, 2.75) is 26.2 Å². The van der Waals surface area contributed by atoms with Crippen LogP contribution in [-0.4, -0.2) is 50.9 Å². The van der Waals surface area contributed by atoms with Crippen LogP contribution in [0.15, 0.2) is 59.6 Å². The average Bonchev–Trinajstić information content (AvgIpc) is 3.31. The molecule has 1 aliphatic rings. The molecule has 0 atom stereocenters. The van der Waals surface area contributed by atoms with Gasteiger partial charge < -0.3 is 19.1 Å². The molecular formula is C27H32N2O4. The van der Waals surface area contributed by atoms with Crippen molar-refractivity contribution in [1.29, 1.82) is 0 Å². The number of methoxy groups -OCH3 is 2. The zero-order valence-electron chi connectivity index (χ0n) is 19.7. The minimum Gasteiger partial charge on any atom is -0.497 e. The van der Waals surface area contributed by atoms with Gasteiger partial charge in [0.2, 0.25) is 0 Å². The molecule has 1 fully saturated rings. The normalized spacial score (nSPS) is 14.6. The quantitative estimate of drug-likeness (QED) is 0.345. The fourth-order valence-electron chi connectivity index (χ4n) is 3.64. The SMILES string of the molecule is C=C/C=N\c1cc(OCCCC)c(OC)cc1C(=O)N1CCC(=Cc2ccc(OC)cc2)C1. The van der Waals surface area contributed by atoms with Gasteiger partial charge in [-0.1, -0.05) is 44.2 Å². The third-order valence-electron chi connectivity index (χ3n) is 5.46. The summed E-state index contributed by atoms with van der Waals surface area (Å²) in [6.45, 7) is 7.61. The van der Waals surface area contributed by atoms with Crippen molar-refractivity contribution in [3.63, 3.8) is 0 Å². The van der Waals surface area contributed by atoms with Crippen molar-refractivity contribution in [2.75, 3.05) is 33.9 Å². The Kier molecular flexibility index (Phi) is 8.70. The lowest BCUT2D eigenvalue weighted by atomic mass is 10.1. The molecule has 0 saturated carbocycles. The molecule has 1 saturated heterocycles. The van der Waals surface area contributed by atoms with E-state index in [1.165, 1.54) is 5.57 Å². The highest BCUT2D eigenvalue weighted by atomic mass is 16.5. The number of amides is 1. The monoisotopic (exact) mass is 448 g/mol. The van der Waals surface area contributed by atoms with Crippen LogP contribution in [-0.2, 0) is 0 Å². The molecule has 0 radical (unpaired) electrons. The van der Waals surface area contributed by atoms with Crippen LogP contribution in [0.1, 0.15) is 42.1 Å². The van der Waals surface area contributed by atoms with Crippen LogP contribution in [0.5, 0.6) is 17.2 Å². The maximum Gasteiger partial charge on any atom is 0.256 e. The van der Waals surface area contributed by atoms with Crippen LogP contribution >= 0.6 is 0 Å². The van der Waals surface area contributed by atoms with Gasteiger partial charge in [0.05, 0.1) is 32.1 Å². The summed E-state index contributed by atoms with van der Waals surface area (Å²) in [5, 5.41) is 0. The molecule has 0 aliphatic carbocycles. The van der Waals surface area contributed by atoms with Crippen LogP contribution in [0.25, 0.3) is 6.08 Å². The van der Waals surface area contributed by atoms with E-state index < -0.39 is 0 Å². The van der Waals surface area contributed by atoms with Gasteiger partial charge in [-0.3, -0.25) is 9.79 Å². The van der Waals surface area contributed by atoms with Crippen molar-refractivity contribution in [3.05, 3.63) is 65.8 Å². The molecule has 6 heteroatoms. The van der Waals surface area contributed by atoms with Crippen molar-refractivity contribution in [3.8, 4) is 17.2 Å². The molecule has 6 nitrogen and oxygen atoms in total. The second-order valence-corrected chi connectivity index (χ2v) is 7.79. The molecule has 33 heavy (non-hydrogen) atoms. The summed E-state index contributed by atoms with van der Waals surface area (Å²) >= 11 is 0. The minimum absolute atomic E-state index is 0.0808. The fraction of sp³-hybridized carbons (Fsp3) is 0.333. The smallest absolute Gasteiger partial charge is 0.256 e. The molecule has 1 aliphatic heterocycles. The molecule has 0 unspecified atom stereocenters. The van der Waals surface area contributed by atoms with E-state index in [1.54, 1.807) is 38.6 Å². The van der Waals surface area contributed by atoms with E-state index in [4.69, 9.17) is 14.2 Å². The third kappa shape index (κ3) is 6.25. The lowest BCUT2D eigenvalue weighted by molar-refractivity contribution is 0.0796. The number of likely N-dealkylation sites (tertiary alicyclic amines) is 1. The first-order valence-corrected chi connectivity index (χ1v) is 11.2. The van der Waals surface area contributed by atoms with E-state index in [9.17, 15) is 4.79 Å². The number of allylic oxidation sites excluding steroid dienone is 1. The van der Waals surface area contributed by atoms with Crippen LogP contribution < -0.4 is 14.2 Å². The molecule has 1 amide bonds. The summed E-state index contributed by atoms with van der Waals surface area (Å²) in [7, 11) is 3.23. The Morgan fingerprint density at radius 3 is 2.61 bits per heavy atom. The van der Waals surface area contributed by atoms with Gasteiger partial charge >= 0.3 is 0 Å². The van der Waals surface area contributed by atoms with Gasteiger partial charge in [-0.2, -0.15) is 0 Å². The highest BCUT2D eigenvalue weighted by Gasteiger charge is 2.26. The Hall–Kier alpha value is -3.54. The van der Waals surface area contributed by atoms with E-state index in [0.717, 1.165) is 30.6 Å². The summed E-state index contributed by atoms with van der Waals surface area (Å²) in [6, 6.07) is 11.4. The molecule has 2 aromatic carbocycles. The molecule has 2 aromatic rings. The van der Waals surface area contributed by atoms with Crippen molar-refractivity contribution < 1.29 is 19.0 Å². The first kappa shape index (κ1) is 24.1. The number of aliphatic imine (C=N–C) groups is 1. The second kappa shape index (κ2) is 11.9. The summed E-state index contributed by atoms with van der Waals surface area (Å²) in [6.07, 6.45) is 8.09. The van der Waals surface area contributed by atoms with E-state index >= 15 is 0 Å².